The summed E-state index contributed by atoms with van der Waals surface area (Å²) in [6.45, 7) is 3.36. The Hall–Kier alpha value is -1.39. The Balaban J connectivity index is 1.68. The van der Waals surface area contributed by atoms with E-state index in [-0.39, 0.29) is 0 Å². The van der Waals surface area contributed by atoms with Crippen molar-refractivity contribution in [3.8, 4) is 0 Å². The minimum atomic E-state index is 0.517. The fourth-order valence-electron chi connectivity index (χ4n) is 3.83. The zero-order valence-electron chi connectivity index (χ0n) is 13.8. The predicted molar refractivity (Wildman–Crippen MR) is 90.2 cm³/mol. The third-order valence-corrected chi connectivity index (χ3v) is 5.13. The molecule has 1 unspecified atom stereocenters. The van der Waals surface area contributed by atoms with Crippen LogP contribution in [0.25, 0.3) is 0 Å². The van der Waals surface area contributed by atoms with Crippen molar-refractivity contribution in [3.63, 3.8) is 0 Å². The van der Waals surface area contributed by atoms with E-state index < -0.39 is 0 Å². The lowest BCUT2D eigenvalue weighted by Gasteiger charge is -2.36. The molecule has 1 saturated heterocycles. The van der Waals surface area contributed by atoms with E-state index >= 15 is 0 Å². The molecule has 0 amide bonds. The van der Waals surface area contributed by atoms with Crippen LogP contribution in [0, 0.1) is 0 Å². The average Bonchev–Trinajstić information content (AvgIpc) is 2.84. The van der Waals surface area contributed by atoms with Crippen molar-refractivity contribution in [1.82, 2.24) is 15.2 Å². The standard InChI is InChI=1S/C17H29N5/c1-2-15-11-7-8-12-22(15)16-13-18-21-17(20-16)19-14-9-5-3-4-6-10-14/h13-15H,2-12H2,1H3,(H,19,20,21). The Morgan fingerprint density at radius 1 is 1.09 bits per heavy atom. The highest BCUT2D eigenvalue weighted by Gasteiger charge is 2.23. The molecule has 122 valence electrons. The highest BCUT2D eigenvalue weighted by Crippen LogP contribution is 2.25. The molecule has 0 radical (unpaired) electrons. The quantitative estimate of drug-likeness (QED) is 0.858. The summed E-state index contributed by atoms with van der Waals surface area (Å²) < 4.78 is 0. The van der Waals surface area contributed by atoms with Gasteiger partial charge in [-0.15, -0.1) is 5.10 Å². The summed E-state index contributed by atoms with van der Waals surface area (Å²) in [7, 11) is 0. The van der Waals surface area contributed by atoms with E-state index in [9.17, 15) is 0 Å². The number of hydrogen-bond acceptors (Lipinski definition) is 5. The van der Waals surface area contributed by atoms with E-state index in [1.807, 2.05) is 6.20 Å². The molecule has 2 fully saturated rings. The van der Waals surface area contributed by atoms with Gasteiger partial charge in [-0.05, 0) is 38.5 Å². The molecular formula is C17H29N5. The van der Waals surface area contributed by atoms with Gasteiger partial charge in [-0.3, -0.25) is 0 Å². The number of nitrogens with zero attached hydrogens (tertiary/aromatic N) is 4. The Kier molecular flexibility index (Phi) is 5.46. The van der Waals surface area contributed by atoms with Crippen LogP contribution in [-0.4, -0.2) is 33.8 Å². The summed E-state index contributed by atoms with van der Waals surface area (Å²) in [6.07, 6.45) is 14.7. The van der Waals surface area contributed by atoms with Crippen molar-refractivity contribution in [2.45, 2.75) is 83.2 Å². The van der Waals surface area contributed by atoms with Gasteiger partial charge in [0, 0.05) is 18.6 Å². The Labute approximate surface area is 133 Å². The first-order chi connectivity index (χ1) is 10.9. The first-order valence-electron chi connectivity index (χ1n) is 9.09. The third-order valence-electron chi connectivity index (χ3n) is 5.13. The smallest absolute Gasteiger partial charge is 0.244 e. The van der Waals surface area contributed by atoms with Crippen LogP contribution in [0.2, 0.25) is 0 Å². The summed E-state index contributed by atoms with van der Waals surface area (Å²) in [6, 6.07) is 1.12. The van der Waals surface area contributed by atoms with E-state index in [2.05, 4.69) is 27.3 Å². The number of aromatic nitrogens is 3. The van der Waals surface area contributed by atoms with Crippen LogP contribution in [0.4, 0.5) is 11.8 Å². The summed E-state index contributed by atoms with van der Waals surface area (Å²) in [5, 5.41) is 11.9. The molecule has 22 heavy (non-hydrogen) atoms. The lowest BCUT2D eigenvalue weighted by atomic mass is 10.0. The largest absolute Gasteiger partial charge is 0.352 e. The van der Waals surface area contributed by atoms with Gasteiger partial charge in [0.25, 0.3) is 0 Å². The van der Waals surface area contributed by atoms with E-state index in [4.69, 9.17) is 4.98 Å². The molecule has 1 aromatic heterocycles. The van der Waals surface area contributed by atoms with Crippen LogP contribution >= 0.6 is 0 Å². The maximum atomic E-state index is 4.76. The lowest BCUT2D eigenvalue weighted by Crippen LogP contribution is -2.40. The van der Waals surface area contributed by atoms with Gasteiger partial charge in [-0.2, -0.15) is 10.1 Å². The summed E-state index contributed by atoms with van der Waals surface area (Å²) in [5.74, 6) is 1.71. The Bertz CT molecular complexity index is 456. The molecule has 1 aromatic rings. The zero-order valence-corrected chi connectivity index (χ0v) is 13.8. The minimum Gasteiger partial charge on any atom is -0.352 e. The van der Waals surface area contributed by atoms with Gasteiger partial charge in [-0.1, -0.05) is 32.6 Å². The van der Waals surface area contributed by atoms with Gasteiger partial charge < -0.3 is 10.2 Å². The van der Waals surface area contributed by atoms with Crippen LogP contribution in [-0.2, 0) is 0 Å². The van der Waals surface area contributed by atoms with Crippen molar-refractivity contribution in [2.24, 2.45) is 0 Å². The summed E-state index contributed by atoms with van der Waals surface area (Å²) >= 11 is 0. The second-order valence-corrected chi connectivity index (χ2v) is 6.72. The first kappa shape index (κ1) is 15.5. The summed E-state index contributed by atoms with van der Waals surface area (Å²) in [4.78, 5) is 7.19. The number of nitrogens with one attached hydrogen (secondary N) is 1. The molecule has 1 aliphatic carbocycles. The molecule has 5 nitrogen and oxygen atoms in total. The van der Waals surface area contributed by atoms with Crippen LogP contribution in [0.3, 0.4) is 0 Å². The molecule has 3 rings (SSSR count). The number of piperidine rings is 1. The van der Waals surface area contributed by atoms with Crippen molar-refractivity contribution < 1.29 is 0 Å². The molecule has 0 aromatic carbocycles. The van der Waals surface area contributed by atoms with Crippen LogP contribution < -0.4 is 10.2 Å². The second kappa shape index (κ2) is 7.75. The van der Waals surface area contributed by atoms with Crippen molar-refractivity contribution in [1.29, 1.82) is 0 Å². The van der Waals surface area contributed by atoms with Gasteiger partial charge >= 0.3 is 0 Å². The monoisotopic (exact) mass is 303 g/mol. The molecule has 0 spiro atoms. The van der Waals surface area contributed by atoms with Crippen molar-refractivity contribution in [2.75, 3.05) is 16.8 Å². The third kappa shape index (κ3) is 3.87. The normalized spacial score (nSPS) is 24.0. The average molecular weight is 303 g/mol. The molecule has 2 heterocycles. The van der Waals surface area contributed by atoms with E-state index in [0.29, 0.717) is 18.0 Å². The number of hydrogen-bond donors (Lipinski definition) is 1. The molecule has 1 aliphatic heterocycles. The van der Waals surface area contributed by atoms with Gasteiger partial charge in [0.1, 0.15) is 0 Å². The minimum absolute atomic E-state index is 0.517. The van der Waals surface area contributed by atoms with Crippen LogP contribution in [0.15, 0.2) is 6.20 Å². The summed E-state index contributed by atoms with van der Waals surface area (Å²) in [5.41, 5.74) is 0. The molecule has 2 aliphatic rings. The van der Waals surface area contributed by atoms with E-state index in [0.717, 1.165) is 12.4 Å². The van der Waals surface area contributed by atoms with Crippen LogP contribution in [0.1, 0.15) is 71.1 Å². The Morgan fingerprint density at radius 3 is 2.64 bits per heavy atom. The first-order valence-corrected chi connectivity index (χ1v) is 9.09. The molecule has 0 bridgehead atoms. The number of anilines is 2. The highest BCUT2D eigenvalue weighted by atomic mass is 15.3. The second-order valence-electron chi connectivity index (χ2n) is 6.72. The van der Waals surface area contributed by atoms with Crippen LogP contribution in [0.5, 0.6) is 0 Å². The molecule has 1 saturated carbocycles. The lowest BCUT2D eigenvalue weighted by molar-refractivity contribution is 0.446. The van der Waals surface area contributed by atoms with E-state index in [1.165, 1.54) is 64.2 Å². The Morgan fingerprint density at radius 2 is 1.86 bits per heavy atom. The van der Waals surface area contributed by atoms with E-state index in [1.54, 1.807) is 0 Å². The maximum absolute atomic E-state index is 4.76. The van der Waals surface area contributed by atoms with Crippen molar-refractivity contribution >= 4 is 11.8 Å². The highest BCUT2D eigenvalue weighted by molar-refractivity contribution is 5.42. The zero-order chi connectivity index (χ0) is 15.2. The molecule has 1 atom stereocenters. The fraction of sp³-hybridized carbons (Fsp3) is 0.824. The topological polar surface area (TPSA) is 53.9 Å². The predicted octanol–water partition coefficient (Wildman–Crippen LogP) is 3.78. The number of rotatable bonds is 4. The van der Waals surface area contributed by atoms with Gasteiger partial charge in [0.05, 0.1) is 6.20 Å². The molecule has 1 N–H and O–H groups in total. The van der Waals surface area contributed by atoms with Crippen molar-refractivity contribution in [3.05, 3.63) is 6.20 Å². The maximum Gasteiger partial charge on any atom is 0.244 e. The SMILES string of the molecule is CCC1CCCCN1c1cnnc(NC2CCCCCC2)n1. The van der Waals surface area contributed by atoms with Gasteiger partial charge in [0.2, 0.25) is 5.95 Å². The fourth-order valence-corrected chi connectivity index (χ4v) is 3.83. The van der Waals surface area contributed by atoms with Gasteiger partial charge in [-0.25, -0.2) is 0 Å². The van der Waals surface area contributed by atoms with Gasteiger partial charge in [0.15, 0.2) is 5.82 Å². The molecular weight excluding hydrogens is 274 g/mol. The molecule has 5 heteroatoms.